The maximum Gasteiger partial charge on any atom is 0.251 e. The van der Waals surface area contributed by atoms with E-state index in [9.17, 15) is 17.2 Å². The molecular weight excluding hydrogens is 282 g/mol. The van der Waals surface area contributed by atoms with Crippen molar-refractivity contribution in [2.45, 2.75) is 18.2 Å². The lowest BCUT2D eigenvalue weighted by atomic mass is 10.1. The Kier molecular flexibility index (Phi) is 4.71. The topological polar surface area (TPSA) is 72.2 Å². The van der Waals surface area contributed by atoms with Gasteiger partial charge in [0.25, 0.3) is 6.43 Å². The van der Waals surface area contributed by atoms with E-state index in [1.165, 1.54) is 12.1 Å². The SMILES string of the molecule is Cc1ccc(C(N)=S)cc1S(=O)(=O)NCC(F)F. The summed E-state index contributed by atoms with van der Waals surface area (Å²) in [4.78, 5) is -0.0613. The molecule has 18 heavy (non-hydrogen) atoms. The molecule has 0 fully saturated rings. The molecule has 1 aromatic carbocycles. The maximum atomic E-state index is 12.0. The third-order valence-corrected chi connectivity index (χ3v) is 3.99. The van der Waals surface area contributed by atoms with Crippen LogP contribution in [0.25, 0.3) is 0 Å². The Morgan fingerprint density at radius 3 is 2.61 bits per heavy atom. The van der Waals surface area contributed by atoms with Gasteiger partial charge in [0.1, 0.15) is 4.99 Å². The smallest absolute Gasteiger partial charge is 0.251 e. The van der Waals surface area contributed by atoms with Crippen LogP contribution in [0.3, 0.4) is 0 Å². The average molecular weight is 294 g/mol. The molecule has 0 aliphatic rings. The van der Waals surface area contributed by atoms with Crippen molar-refractivity contribution in [2.24, 2.45) is 5.73 Å². The first kappa shape index (κ1) is 14.9. The third-order valence-electron chi connectivity index (χ3n) is 2.19. The fourth-order valence-corrected chi connectivity index (χ4v) is 2.70. The normalized spacial score (nSPS) is 11.8. The summed E-state index contributed by atoms with van der Waals surface area (Å²) in [7, 11) is -3.99. The van der Waals surface area contributed by atoms with Crippen LogP contribution in [-0.2, 0) is 10.0 Å². The van der Waals surface area contributed by atoms with E-state index in [1.54, 1.807) is 13.0 Å². The van der Waals surface area contributed by atoms with Crippen LogP contribution in [0.2, 0.25) is 0 Å². The second-order valence-corrected chi connectivity index (χ2v) is 5.76. The summed E-state index contributed by atoms with van der Waals surface area (Å²) in [6.07, 6.45) is -2.75. The first-order chi connectivity index (χ1) is 8.24. The van der Waals surface area contributed by atoms with Gasteiger partial charge in [0.2, 0.25) is 10.0 Å². The zero-order valence-electron chi connectivity index (χ0n) is 9.48. The highest BCUT2D eigenvalue weighted by atomic mass is 32.2. The molecule has 100 valence electrons. The van der Waals surface area contributed by atoms with Crippen molar-refractivity contribution in [3.63, 3.8) is 0 Å². The number of nitrogens with one attached hydrogen (secondary N) is 1. The molecule has 0 unspecified atom stereocenters. The van der Waals surface area contributed by atoms with Gasteiger partial charge in [-0.05, 0) is 18.6 Å². The minimum Gasteiger partial charge on any atom is -0.389 e. The number of alkyl halides is 2. The number of sulfonamides is 1. The van der Waals surface area contributed by atoms with Crippen molar-refractivity contribution in [1.29, 1.82) is 0 Å². The van der Waals surface area contributed by atoms with Gasteiger partial charge in [-0.1, -0.05) is 24.4 Å². The number of halogens is 2. The van der Waals surface area contributed by atoms with Crippen LogP contribution in [0, 0.1) is 6.92 Å². The summed E-state index contributed by atoms with van der Waals surface area (Å²) in [6.45, 7) is 0.624. The Morgan fingerprint density at radius 1 is 1.50 bits per heavy atom. The van der Waals surface area contributed by atoms with Gasteiger partial charge >= 0.3 is 0 Å². The lowest BCUT2D eigenvalue weighted by Crippen LogP contribution is -2.29. The molecule has 4 nitrogen and oxygen atoms in total. The van der Waals surface area contributed by atoms with Crippen LogP contribution < -0.4 is 10.5 Å². The number of benzene rings is 1. The van der Waals surface area contributed by atoms with Gasteiger partial charge in [-0.25, -0.2) is 21.9 Å². The Labute approximate surface area is 109 Å². The molecule has 0 saturated carbocycles. The lowest BCUT2D eigenvalue weighted by Gasteiger charge is -2.10. The van der Waals surface area contributed by atoms with Gasteiger partial charge in [-0.3, -0.25) is 0 Å². The maximum absolute atomic E-state index is 12.0. The molecule has 0 spiro atoms. The third kappa shape index (κ3) is 3.69. The number of rotatable bonds is 5. The molecule has 0 radical (unpaired) electrons. The van der Waals surface area contributed by atoms with Gasteiger partial charge in [-0.15, -0.1) is 0 Å². The summed E-state index contributed by atoms with van der Waals surface area (Å²) in [5.41, 5.74) is 6.19. The number of thiocarbonyl (C=S) groups is 1. The fraction of sp³-hybridized carbons (Fsp3) is 0.300. The standard InChI is InChI=1S/C10H12F2N2O2S2/c1-6-2-3-7(10(13)17)4-8(6)18(15,16)14-5-9(11)12/h2-4,9,14H,5H2,1H3,(H2,13,17). The van der Waals surface area contributed by atoms with Gasteiger partial charge in [0.15, 0.2) is 0 Å². The van der Waals surface area contributed by atoms with Crippen LogP contribution in [0.1, 0.15) is 11.1 Å². The molecule has 0 atom stereocenters. The largest absolute Gasteiger partial charge is 0.389 e. The van der Waals surface area contributed by atoms with Gasteiger partial charge < -0.3 is 5.73 Å². The zero-order valence-corrected chi connectivity index (χ0v) is 11.1. The van der Waals surface area contributed by atoms with Gasteiger partial charge in [0, 0.05) is 5.56 Å². The van der Waals surface area contributed by atoms with Gasteiger partial charge in [0.05, 0.1) is 11.4 Å². The van der Waals surface area contributed by atoms with Crippen molar-refractivity contribution < 1.29 is 17.2 Å². The van der Waals surface area contributed by atoms with Gasteiger partial charge in [-0.2, -0.15) is 0 Å². The predicted molar refractivity (Wildman–Crippen MR) is 68.3 cm³/mol. The monoisotopic (exact) mass is 294 g/mol. The molecule has 0 bridgehead atoms. The first-order valence-electron chi connectivity index (χ1n) is 4.92. The number of hydrogen-bond acceptors (Lipinski definition) is 3. The molecule has 0 aliphatic carbocycles. The lowest BCUT2D eigenvalue weighted by molar-refractivity contribution is 0.153. The molecular formula is C10H12F2N2O2S2. The van der Waals surface area contributed by atoms with Crippen LogP contribution >= 0.6 is 12.2 Å². The molecule has 0 aromatic heterocycles. The summed E-state index contributed by atoms with van der Waals surface area (Å²) >= 11 is 4.74. The zero-order chi connectivity index (χ0) is 13.9. The number of nitrogens with two attached hydrogens (primary N) is 1. The quantitative estimate of drug-likeness (QED) is 0.800. The Balaban J connectivity index is 3.15. The van der Waals surface area contributed by atoms with Crippen LogP contribution in [0.4, 0.5) is 8.78 Å². The van der Waals surface area contributed by atoms with Crippen LogP contribution in [0.5, 0.6) is 0 Å². The molecule has 0 amide bonds. The molecule has 0 aliphatic heterocycles. The summed E-state index contributed by atoms with van der Waals surface area (Å²) in [6, 6.07) is 4.36. The van der Waals surface area contributed by atoms with E-state index in [4.69, 9.17) is 18.0 Å². The molecule has 3 N–H and O–H groups in total. The highest BCUT2D eigenvalue weighted by Crippen LogP contribution is 2.17. The molecule has 1 rings (SSSR count). The fourth-order valence-electron chi connectivity index (χ4n) is 1.29. The number of aryl methyl sites for hydroxylation is 1. The highest BCUT2D eigenvalue weighted by molar-refractivity contribution is 7.89. The highest BCUT2D eigenvalue weighted by Gasteiger charge is 2.19. The van der Waals surface area contributed by atoms with E-state index in [0.717, 1.165) is 0 Å². The van der Waals surface area contributed by atoms with E-state index in [0.29, 0.717) is 11.1 Å². The Morgan fingerprint density at radius 2 is 2.11 bits per heavy atom. The van der Waals surface area contributed by atoms with E-state index >= 15 is 0 Å². The van der Waals surface area contributed by atoms with Crippen molar-refractivity contribution >= 4 is 27.2 Å². The van der Waals surface area contributed by atoms with Crippen molar-refractivity contribution in [3.8, 4) is 0 Å². The molecule has 1 aromatic rings. The first-order valence-corrected chi connectivity index (χ1v) is 6.81. The van der Waals surface area contributed by atoms with Crippen molar-refractivity contribution in [1.82, 2.24) is 4.72 Å². The number of hydrogen-bond donors (Lipinski definition) is 2. The summed E-state index contributed by atoms with van der Waals surface area (Å²) in [5.74, 6) is 0. The van der Waals surface area contributed by atoms with E-state index in [1.807, 2.05) is 4.72 Å². The minimum atomic E-state index is -3.99. The predicted octanol–water partition coefficient (Wildman–Crippen LogP) is 1.17. The summed E-state index contributed by atoms with van der Waals surface area (Å²) in [5, 5.41) is 0. The second-order valence-electron chi connectivity index (χ2n) is 3.59. The van der Waals surface area contributed by atoms with E-state index < -0.39 is 23.0 Å². The summed E-state index contributed by atoms with van der Waals surface area (Å²) < 4.78 is 49.5. The van der Waals surface area contributed by atoms with Crippen LogP contribution in [-0.4, -0.2) is 26.4 Å². The van der Waals surface area contributed by atoms with Crippen molar-refractivity contribution in [3.05, 3.63) is 29.3 Å². The van der Waals surface area contributed by atoms with E-state index in [2.05, 4.69) is 0 Å². The molecule has 0 saturated heterocycles. The second kappa shape index (κ2) is 5.68. The Hall–Kier alpha value is -1.12. The average Bonchev–Trinajstić information content (AvgIpc) is 2.26. The van der Waals surface area contributed by atoms with Crippen molar-refractivity contribution in [2.75, 3.05) is 6.54 Å². The van der Waals surface area contributed by atoms with E-state index in [-0.39, 0.29) is 9.88 Å². The Bertz CT molecular complexity index is 559. The minimum absolute atomic E-state index is 0.0420. The van der Waals surface area contributed by atoms with Crippen LogP contribution in [0.15, 0.2) is 23.1 Å². The molecule has 0 heterocycles. The molecule has 8 heteroatoms.